The number of nitrogens with two attached hydrogens (primary N) is 1. The van der Waals surface area contributed by atoms with E-state index in [1.54, 1.807) is 6.07 Å². The lowest BCUT2D eigenvalue weighted by atomic mass is 9.96. The summed E-state index contributed by atoms with van der Waals surface area (Å²) in [5.74, 6) is -0.437. The maximum Gasteiger partial charge on any atom is 0.142 e. The van der Waals surface area contributed by atoms with Crippen LogP contribution in [0.3, 0.4) is 0 Å². The summed E-state index contributed by atoms with van der Waals surface area (Å²) in [5, 5.41) is 0.116. The summed E-state index contributed by atoms with van der Waals surface area (Å²) in [6.07, 6.45) is 0. The number of benzene rings is 2. The Morgan fingerprint density at radius 3 is 2.53 bits per heavy atom. The Morgan fingerprint density at radius 1 is 1.18 bits per heavy atom. The van der Waals surface area contributed by atoms with Gasteiger partial charge in [-0.1, -0.05) is 41.9 Å². The van der Waals surface area contributed by atoms with Crippen LogP contribution in [0.4, 0.5) is 4.39 Å². The molecule has 0 aliphatic heterocycles. The van der Waals surface area contributed by atoms with Crippen LogP contribution in [-0.2, 0) is 0 Å². The topological polar surface area (TPSA) is 26.0 Å². The Kier molecular flexibility index (Phi) is 3.46. The fourth-order valence-corrected chi connectivity index (χ4v) is 1.94. The molecule has 2 aromatic carbocycles. The van der Waals surface area contributed by atoms with Gasteiger partial charge in [-0.15, -0.1) is 0 Å². The van der Waals surface area contributed by atoms with E-state index in [0.717, 1.165) is 16.7 Å². The van der Waals surface area contributed by atoms with Gasteiger partial charge in [-0.3, -0.25) is 0 Å². The zero-order valence-corrected chi connectivity index (χ0v) is 10.2. The van der Waals surface area contributed by atoms with Crippen LogP contribution in [0.5, 0.6) is 0 Å². The minimum Gasteiger partial charge on any atom is -0.320 e. The van der Waals surface area contributed by atoms with Crippen molar-refractivity contribution in [2.24, 2.45) is 5.73 Å². The smallest absolute Gasteiger partial charge is 0.142 e. The zero-order chi connectivity index (χ0) is 12.4. The molecule has 0 radical (unpaired) electrons. The van der Waals surface area contributed by atoms with Crippen LogP contribution >= 0.6 is 11.6 Å². The van der Waals surface area contributed by atoms with Crippen LogP contribution < -0.4 is 5.73 Å². The first kappa shape index (κ1) is 12.1. The molecular weight excluding hydrogens is 237 g/mol. The molecule has 17 heavy (non-hydrogen) atoms. The van der Waals surface area contributed by atoms with Crippen molar-refractivity contribution in [1.82, 2.24) is 0 Å². The fourth-order valence-electron chi connectivity index (χ4n) is 1.82. The Hall–Kier alpha value is -1.38. The monoisotopic (exact) mass is 249 g/mol. The van der Waals surface area contributed by atoms with Crippen molar-refractivity contribution in [3.05, 3.63) is 70.0 Å². The normalized spacial score (nSPS) is 12.5. The lowest BCUT2D eigenvalue weighted by Gasteiger charge is -2.15. The molecule has 3 heteroatoms. The predicted molar refractivity (Wildman–Crippen MR) is 68.6 cm³/mol. The van der Waals surface area contributed by atoms with Crippen molar-refractivity contribution >= 4 is 11.6 Å². The highest BCUT2D eigenvalue weighted by atomic mass is 35.5. The molecule has 1 unspecified atom stereocenters. The Labute approximate surface area is 105 Å². The quantitative estimate of drug-likeness (QED) is 0.860. The maximum absolute atomic E-state index is 13.4. The highest BCUT2D eigenvalue weighted by Gasteiger charge is 2.12. The molecule has 0 fully saturated rings. The molecule has 0 spiro atoms. The van der Waals surface area contributed by atoms with Gasteiger partial charge < -0.3 is 5.73 Å². The molecule has 0 heterocycles. The number of rotatable bonds is 2. The third-order valence-electron chi connectivity index (χ3n) is 2.83. The predicted octanol–water partition coefficient (Wildman–Crippen LogP) is 3.84. The van der Waals surface area contributed by atoms with E-state index in [0.29, 0.717) is 0 Å². The van der Waals surface area contributed by atoms with Gasteiger partial charge in [0.1, 0.15) is 5.82 Å². The second kappa shape index (κ2) is 4.86. The number of halogens is 2. The van der Waals surface area contributed by atoms with Gasteiger partial charge in [0.25, 0.3) is 0 Å². The maximum atomic E-state index is 13.4. The van der Waals surface area contributed by atoms with Gasteiger partial charge in [-0.25, -0.2) is 4.39 Å². The van der Waals surface area contributed by atoms with E-state index in [4.69, 9.17) is 17.3 Å². The Bertz CT molecular complexity index is 539. The molecule has 0 amide bonds. The van der Waals surface area contributed by atoms with E-state index in [1.807, 2.05) is 31.2 Å². The van der Waals surface area contributed by atoms with Crippen molar-refractivity contribution in [3.63, 3.8) is 0 Å². The third-order valence-corrected chi connectivity index (χ3v) is 3.13. The second-order valence-electron chi connectivity index (χ2n) is 4.01. The standard InChI is InChI=1S/C14H13ClFN/c1-9-4-2-3-5-11(9)14(17)10-6-7-12(15)13(16)8-10/h2-8,14H,17H2,1H3. The number of aryl methyl sites for hydroxylation is 1. The molecule has 0 bridgehead atoms. The molecule has 0 saturated heterocycles. The molecule has 2 rings (SSSR count). The van der Waals surface area contributed by atoms with Crippen LogP contribution in [0.2, 0.25) is 5.02 Å². The second-order valence-corrected chi connectivity index (χ2v) is 4.42. The summed E-state index contributed by atoms with van der Waals surface area (Å²) in [6.45, 7) is 1.99. The summed E-state index contributed by atoms with van der Waals surface area (Å²) in [5.41, 5.74) is 8.94. The van der Waals surface area contributed by atoms with E-state index >= 15 is 0 Å². The molecule has 0 aliphatic rings. The first-order valence-corrected chi connectivity index (χ1v) is 5.73. The van der Waals surface area contributed by atoms with Crippen molar-refractivity contribution in [2.45, 2.75) is 13.0 Å². The minimum absolute atomic E-state index is 0.116. The lowest BCUT2D eigenvalue weighted by Crippen LogP contribution is -2.13. The third kappa shape index (κ3) is 2.48. The van der Waals surface area contributed by atoms with Crippen LogP contribution in [0.25, 0.3) is 0 Å². The molecule has 1 atom stereocenters. The number of hydrogen-bond acceptors (Lipinski definition) is 1. The highest BCUT2D eigenvalue weighted by Crippen LogP contribution is 2.25. The molecule has 0 aromatic heterocycles. The van der Waals surface area contributed by atoms with Crippen molar-refractivity contribution < 1.29 is 4.39 Å². The van der Waals surface area contributed by atoms with E-state index < -0.39 is 5.82 Å². The molecule has 1 nitrogen and oxygen atoms in total. The lowest BCUT2D eigenvalue weighted by molar-refractivity contribution is 0.624. The van der Waals surface area contributed by atoms with Crippen LogP contribution in [0, 0.1) is 12.7 Å². The van der Waals surface area contributed by atoms with Gasteiger partial charge in [0.2, 0.25) is 0 Å². The SMILES string of the molecule is Cc1ccccc1C(N)c1ccc(Cl)c(F)c1. The van der Waals surface area contributed by atoms with Crippen LogP contribution in [0.1, 0.15) is 22.7 Å². The number of hydrogen-bond donors (Lipinski definition) is 1. The summed E-state index contributed by atoms with van der Waals surface area (Å²) in [6, 6.07) is 12.2. The van der Waals surface area contributed by atoms with Gasteiger partial charge in [-0.2, -0.15) is 0 Å². The fraction of sp³-hybridized carbons (Fsp3) is 0.143. The van der Waals surface area contributed by atoms with E-state index in [-0.39, 0.29) is 11.1 Å². The van der Waals surface area contributed by atoms with Gasteiger partial charge in [0.15, 0.2) is 0 Å². The summed E-state index contributed by atoms with van der Waals surface area (Å²) >= 11 is 5.65. The zero-order valence-electron chi connectivity index (χ0n) is 9.45. The largest absolute Gasteiger partial charge is 0.320 e. The Balaban J connectivity index is 2.40. The summed E-state index contributed by atoms with van der Waals surface area (Å²) in [4.78, 5) is 0. The van der Waals surface area contributed by atoms with Crippen LogP contribution in [0.15, 0.2) is 42.5 Å². The first-order valence-electron chi connectivity index (χ1n) is 5.35. The summed E-state index contributed by atoms with van der Waals surface area (Å²) in [7, 11) is 0. The summed E-state index contributed by atoms with van der Waals surface area (Å²) < 4.78 is 13.4. The molecule has 0 aliphatic carbocycles. The minimum atomic E-state index is -0.437. The van der Waals surface area contributed by atoms with Gasteiger partial charge >= 0.3 is 0 Å². The average Bonchev–Trinajstić information content (AvgIpc) is 2.32. The van der Waals surface area contributed by atoms with Crippen molar-refractivity contribution in [2.75, 3.05) is 0 Å². The molecule has 0 saturated carbocycles. The van der Waals surface area contributed by atoms with Gasteiger partial charge in [-0.05, 0) is 35.7 Å². The van der Waals surface area contributed by atoms with E-state index in [1.165, 1.54) is 12.1 Å². The van der Waals surface area contributed by atoms with Crippen molar-refractivity contribution in [1.29, 1.82) is 0 Å². The molecule has 88 valence electrons. The van der Waals surface area contributed by atoms with E-state index in [2.05, 4.69) is 0 Å². The Morgan fingerprint density at radius 2 is 1.88 bits per heavy atom. The van der Waals surface area contributed by atoms with Crippen molar-refractivity contribution in [3.8, 4) is 0 Å². The highest BCUT2D eigenvalue weighted by molar-refractivity contribution is 6.30. The van der Waals surface area contributed by atoms with Gasteiger partial charge in [0, 0.05) is 0 Å². The molecule has 2 aromatic rings. The first-order chi connectivity index (χ1) is 8.09. The van der Waals surface area contributed by atoms with Crippen LogP contribution in [-0.4, -0.2) is 0 Å². The molecular formula is C14H13ClFN. The van der Waals surface area contributed by atoms with E-state index in [9.17, 15) is 4.39 Å². The molecule has 2 N–H and O–H groups in total. The average molecular weight is 250 g/mol. The van der Waals surface area contributed by atoms with Gasteiger partial charge in [0.05, 0.1) is 11.1 Å².